The van der Waals surface area contributed by atoms with Gasteiger partial charge in [-0.1, -0.05) is 13.8 Å². The number of rotatable bonds is 5. The number of ether oxygens (including phenoxy) is 2. The maximum atomic E-state index is 11.7. The van der Waals surface area contributed by atoms with Crippen LogP contribution in [0, 0.1) is 5.92 Å². The third-order valence-corrected chi connectivity index (χ3v) is 3.64. The quantitative estimate of drug-likeness (QED) is 0.542. The molecular weight excluding hydrogens is 306 g/mol. The third kappa shape index (κ3) is 4.03. The summed E-state index contributed by atoms with van der Waals surface area (Å²) in [6.07, 6.45) is -1.06. The number of nitrogen functional groups attached to an aromatic ring is 1. The van der Waals surface area contributed by atoms with Crippen LogP contribution < -0.4 is 17.2 Å². The summed E-state index contributed by atoms with van der Waals surface area (Å²) in [7, 11) is 0. The summed E-state index contributed by atoms with van der Waals surface area (Å²) in [6.45, 7) is 3.45. The van der Waals surface area contributed by atoms with E-state index in [9.17, 15) is 14.7 Å². The Balaban J connectivity index is 1.96. The lowest BCUT2D eigenvalue weighted by Crippen LogP contribution is -2.39. The first-order chi connectivity index (χ1) is 10.8. The molecule has 1 saturated heterocycles. The molecule has 0 unspecified atom stereocenters. The van der Waals surface area contributed by atoms with Crippen LogP contribution in [0.25, 0.3) is 0 Å². The molecule has 0 aromatic carbocycles. The van der Waals surface area contributed by atoms with E-state index in [1.807, 2.05) is 0 Å². The maximum absolute atomic E-state index is 11.7. The minimum absolute atomic E-state index is 0.0600. The SMILES string of the molecule is CC(C)[C@H](N)C(=O)OC[C@H]1O[C@@H](n2cnc(N)nc2=O)C[C@@H]1O. The molecule has 0 saturated carbocycles. The van der Waals surface area contributed by atoms with E-state index in [0.29, 0.717) is 0 Å². The molecular formula is C13H21N5O5. The van der Waals surface area contributed by atoms with Crippen molar-refractivity contribution in [1.29, 1.82) is 0 Å². The normalized spacial score (nSPS) is 25.5. The highest BCUT2D eigenvalue weighted by Crippen LogP contribution is 2.27. The van der Waals surface area contributed by atoms with E-state index in [-0.39, 0.29) is 24.9 Å². The Labute approximate surface area is 132 Å². The van der Waals surface area contributed by atoms with Crippen molar-refractivity contribution in [3.63, 3.8) is 0 Å². The standard InChI is InChI=1S/C13H21N5O5/c1-6(2)10(14)11(20)22-4-8-7(19)3-9(23-8)18-5-16-12(15)17-13(18)21/h5-10,19H,3-4,14H2,1-2H3,(H2,15,17,21)/t7-,8+,9+,10-/m0/s1. The van der Waals surface area contributed by atoms with Crippen LogP contribution in [-0.4, -0.2) is 50.5 Å². The number of aliphatic hydroxyl groups excluding tert-OH is 1. The van der Waals surface area contributed by atoms with E-state index >= 15 is 0 Å². The molecule has 23 heavy (non-hydrogen) atoms. The minimum atomic E-state index is -0.896. The van der Waals surface area contributed by atoms with Gasteiger partial charge in [0.2, 0.25) is 5.95 Å². The topological polar surface area (TPSA) is 156 Å². The monoisotopic (exact) mass is 327 g/mol. The number of hydrogen-bond donors (Lipinski definition) is 3. The molecule has 0 aliphatic carbocycles. The number of carbonyl (C=O) groups excluding carboxylic acids is 1. The Morgan fingerprint density at radius 3 is 2.91 bits per heavy atom. The van der Waals surface area contributed by atoms with Gasteiger partial charge in [0.25, 0.3) is 0 Å². The first-order valence-electron chi connectivity index (χ1n) is 7.26. The van der Waals surface area contributed by atoms with Gasteiger partial charge in [0.05, 0.1) is 6.10 Å². The van der Waals surface area contributed by atoms with Gasteiger partial charge < -0.3 is 26.0 Å². The second-order valence-electron chi connectivity index (χ2n) is 5.74. The number of carbonyl (C=O) groups is 1. The van der Waals surface area contributed by atoms with Crippen molar-refractivity contribution >= 4 is 11.9 Å². The van der Waals surface area contributed by atoms with Gasteiger partial charge in [0.1, 0.15) is 31.3 Å². The average Bonchev–Trinajstić information content (AvgIpc) is 2.84. The number of esters is 1. The van der Waals surface area contributed by atoms with Crippen molar-refractivity contribution in [3.05, 3.63) is 16.8 Å². The van der Waals surface area contributed by atoms with Crippen LogP contribution in [0.1, 0.15) is 26.5 Å². The van der Waals surface area contributed by atoms with Gasteiger partial charge in [-0.2, -0.15) is 4.98 Å². The fraction of sp³-hybridized carbons (Fsp3) is 0.692. The Kier molecular flexibility index (Phi) is 5.29. The van der Waals surface area contributed by atoms with Gasteiger partial charge in [-0.25, -0.2) is 9.78 Å². The zero-order valence-electron chi connectivity index (χ0n) is 13.0. The number of aliphatic hydroxyl groups is 1. The molecule has 1 fully saturated rings. The van der Waals surface area contributed by atoms with Gasteiger partial charge in [-0.05, 0) is 5.92 Å². The number of nitrogens with zero attached hydrogens (tertiary/aromatic N) is 3. The highest BCUT2D eigenvalue weighted by atomic mass is 16.6. The Hall–Kier alpha value is -2.04. The van der Waals surface area contributed by atoms with Gasteiger partial charge in [0, 0.05) is 6.42 Å². The van der Waals surface area contributed by atoms with E-state index in [1.54, 1.807) is 13.8 Å². The smallest absolute Gasteiger partial charge is 0.354 e. The largest absolute Gasteiger partial charge is 0.462 e. The lowest BCUT2D eigenvalue weighted by molar-refractivity contribution is -0.152. The van der Waals surface area contributed by atoms with Crippen molar-refractivity contribution in [2.45, 2.75) is 44.7 Å². The van der Waals surface area contributed by atoms with E-state index in [2.05, 4.69) is 9.97 Å². The molecule has 10 heteroatoms. The fourth-order valence-electron chi connectivity index (χ4n) is 2.12. The number of hydrogen-bond acceptors (Lipinski definition) is 9. The summed E-state index contributed by atoms with van der Waals surface area (Å²) < 4.78 is 11.7. The summed E-state index contributed by atoms with van der Waals surface area (Å²) in [5.74, 6) is -0.764. The van der Waals surface area contributed by atoms with Crippen molar-refractivity contribution in [2.75, 3.05) is 12.3 Å². The molecule has 10 nitrogen and oxygen atoms in total. The number of nitrogens with two attached hydrogens (primary N) is 2. The molecule has 0 radical (unpaired) electrons. The van der Waals surface area contributed by atoms with Crippen LogP contribution in [0.3, 0.4) is 0 Å². The maximum Gasteiger partial charge on any atom is 0.354 e. The molecule has 0 bridgehead atoms. The minimum Gasteiger partial charge on any atom is -0.462 e. The van der Waals surface area contributed by atoms with Crippen LogP contribution in [0.15, 0.2) is 11.1 Å². The highest BCUT2D eigenvalue weighted by Gasteiger charge is 2.37. The predicted octanol–water partition coefficient (Wildman–Crippen LogP) is -1.60. The van der Waals surface area contributed by atoms with Crippen LogP contribution in [0.4, 0.5) is 5.95 Å². The van der Waals surface area contributed by atoms with E-state index in [4.69, 9.17) is 20.9 Å². The van der Waals surface area contributed by atoms with Gasteiger partial charge in [-0.3, -0.25) is 9.36 Å². The second-order valence-corrected chi connectivity index (χ2v) is 5.74. The predicted molar refractivity (Wildman–Crippen MR) is 79.0 cm³/mol. The summed E-state index contributed by atoms with van der Waals surface area (Å²) in [5, 5.41) is 10.00. The number of anilines is 1. The summed E-state index contributed by atoms with van der Waals surface area (Å²) in [5.41, 5.74) is 10.4. The lowest BCUT2D eigenvalue weighted by Gasteiger charge is -2.18. The molecule has 0 spiro atoms. The van der Waals surface area contributed by atoms with E-state index in [0.717, 1.165) is 4.57 Å². The van der Waals surface area contributed by atoms with Crippen LogP contribution in [-0.2, 0) is 14.3 Å². The summed E-state index contributed by atoms with van der Waals surface area (Å²) in [4.78, 5) is 30.7. The van der Waals surface area contributed by atoms with Gasteiger partial charge in [0.15, 0.2) is 0 Å². The number of aromatic nitrogens is 3. The molecule has 128 valence electrons. The molecule has 1 aliphatic heterocycles. The van der Waals surface area contributed by atoms with Crippen molar-refractivity contribution < 1.29 is 19.4 Å². The van der Waals surface area contributed by atoms with Crippen molar-refractivity contribution in [2.24, 2.45) is 11.7 Å². The fourth-order valence-corrected chi connectivity index (χ4v) is 2.12. The van der Waals surface area contributed by atoms with E-state index < -0.39 is 36.1 Å². The molecule has 5 N–H and O–H groups in total. The molecule has 1 aliphatic rings. The molecule has 4 atom stereocenters. The Morgan fingerprint density at radius 2 is 2.30 bits per heavy atom. The van der Waals surface area contributed by atoms with Crippen LogP contribution >= 0.6 is 0 Å². The molecule has 2 rings (SSSR count). The summed E-state index contributed by atoms with van der Waals surface area (Å²) in [6, 6.07) is -0.738. The van der Waals surface area contributed by atoms with Gasteiger partial charge in [-0.15, -0.1) is 0 Å². The summed E-state index contributed by atoms with van der Waals surface area (Å²) >= 11 is 0. The third-order valence-electron chi connectivity index (χ3n) is 3.64. The molecule has 2 heterocycles. The first kappa shape index (κ1) is 17.3. The Bertz CT molecular complexity index is 619. The lowest BCUT2D eigenvalue weighted by atomic mass is 10.1. The highest BCUT2D eigenvalue weighted by molar-refractivity contribution is 5.75. The second kappa shape index (κ2) is 7.02. The zero-order valence-corrected chi connectivity index (χ0v) is 13.0. The van der Waals surface area contributed by atoms with Crippen LogP contribution in [0.5, 0.6) is 0 Å². The van der Waals surface area contributed by atoms with E-state index in [1.165, 1.54) is 6.33 Å². The molecule has 0 amide bonds. The first-order valence-corrected chi connectivity index (χ1v) is 7.26. The molecule has 1 aromatic heterocycles. The zero-order chi connectivity index (χ0) is 17.1. The van der Waals surface area contributed by atoms with Gasteiger partial charge >= 0.3 is 11.7 Å². The molecule has 1 aromatic rings. The van der Waals surface area contributed by atoms with Crippen molar-refractivity contribution in [3.8, 4) is 0 Å². The van der Waals surface area contributed by atoms with Crippen molar-refractivity contribution in [1.82, 2.24) is 14.5 Å². The Morgan fingerprint density at radius 1 is 1.61 bits per heavy atom. The average molecular weight is 327 g/mol. The van der Waals surface area contributed by atoms with Crippen LogP contribution in [0.2, 0.25) is 0 Å².